The Morgan fingerprint density at radius 2 is 1.79 bits per heavy atom. The highest BCUT2D eigenvalue weighted by molar-refractivity contribution is 6.07. The van der Waals surface area contributed by atoms with Gasteiger partial charge in [-0.1, -0.05) is 18.2 Å². The Bertz CT molecular complexity index is 1000. The largest absolute Gasteiger partial charge is 0.478 e. The maximum absolute atomic E-state index is 12.9. The van der Waals surface area contributed by atoms with E-state index in [0.29, 0.717) is 57.1 Å². The summed E-state index contributed by atoms with van der Waals surface area (Å²) >= 11 is 0. The maximum atomic E-state index is 12.9. The monoisotopic (exact) mass is 454 g/mol. The quantitative estimate of drug-likeness (QED) is 0.496. The summed E-state index contributed by atoms with van der Waals surface area (Å²) in [5.41, 5.74) is 2.68. The Morgan fingerprint density at radius 1 is 1.06 bits per heavy atom. The molecule has 2 aromatic carbocycles. The summed E-state index contributed by atoms with van der Waals surface area (Å²) in [6, 6.07) is 12.0. The van der Waals surface area contributed by atoms with E-state index in [1.807, 2.05) is 19.1 Å². The molecule has 1 fully saturated rings. The highest BCUT2D eigenvalue weighted by Crippen LogP contribution is 2.29. The van der Waals surface area contributed by atoms with E-state index in [1.54, 1.807) is 25.3 Å². The fourth-order valence-corrected chi connectivity index (χ4v) is 3.76. The number of piperazine rings is 1. The Balaban J connectivity index is 1.70. The standard InChI is InChI=1S/C24H30N4O5/c1-17-5-3-4-6-19(17)23(30)26-20-15-18(24(31)32)7-8-21(20)28-12-10-27(11-13-28)16-22(29)25-9-14-33-2/h3-8,15H,9-14,16H2,1-2H3,(H,25,29)(H,26,30)(H,31,32). The van der Waals surface area contributed by atoms with Gasteiger partial charge in [0.25, 0.3) is 5.91 Å². The third kappa shape index (κ3) is 6.53. The molecule has 2 aromatic rings. The zero-order chi connectivity index (χ0) is 23.8. The zero-order valence-corrected chi connectivity index (χ0v) is 19.0. The van der Waals surface area contributed by atoms with Gasteiger partial charge in [0.2, 0.25) is 5.91 Å². The number of benzene rings is 2. The average molecular weight is 455 g/mol. The second kappa shape index (κ2) is 11.4. The van der Waals surface area contributed by atoms with Crippen LogP contribution in [0.1, 0.15) is 26.3 Å². The number of carboxylic acids is 1. The number of aryl methyl sites for hydroxylation is 1. The fraction of sp³-hybridized carbons (Fsp3) is 0.375. The van der Waals surface area contributed by atoms with Crippen LogP contribution in [0.5, 0.6) is 0 Å². The lowest BCUT2D eigenvalue weighted by Crippen LogP contribution is -2.50. The van der Waals surface area contributed by atoms with Gasteiger partial charge in [-0.15, -0.1) is 0 Å². The lowest BCUT2D eigenvalue weighted by Gasteiger charge is -2.36. The number of nitrogens with one attached hydrogen (secondary N) is 2. The molecule has 0 unspecified atom stereocenters. The Morgan fingerprint density at radius 3 is 2.45 bits per heavy atom. The molecule has 0 aliphatic carbocycles. The van der Waals surface area contributed by atoms with E-state index in [2.05, 4.69) is 20.4 Å². The van der Waals surface area contributed by atoms with E-state index in [1.165, 1.54) is 12.1 Å². The molecule has 0 spiro atoms. The number of rotatable bonds is 9. The van der Waals surface area contributed by atoms with Crippen molar-refractivity contribution in [2.45, 2.75) is 6.92 Å². The van der Waals surface area contributed by atoms with Gasteiger partial charge in [-0.2, -0.15) is 0 Å². The van der Waals surface area contributed by atoms with E-state index in [9.17, 15) is 19.5 Å². The minimum absolute atomic E-state index is 0.0440. The number of nitrogens with zero attached hydrogens (tertiary/aromatic N) is 2. The lowest BCUT2D eigenvalue weighted by atomic mass is 10.1. The lowest BCUT2D eigenvalue weighted by molar-refractivity contribution is -0.122. The first kappa shape index (κ1) is 24.2. The van der Waals surface area contributed by atoms with Gasteiger partial charge in [0.15, 0.2) is 0 Å². The third-order valence-electron chi connectivity index (χ3n) is 5.59. The second-order valence-electron chi connectivity index (χ2n) is 7.91. The number of anilines is 2. The van der Waals surface area contributed by atoms with Crippen molar-refractivity contribution in [2.75, 3.05) is 63.2 Å². The topological polar surface area (TPSA) is 111 Å². The molecule has 1 aliphatic rings. The van der Waals surface area contributed by atoms with E-state index >= 15 is 0 Å². The number of carbonyl (C=O) groups is 3. The van der Waals surface area contributed by atoms with Gasteiger partial charge in [0, 0.05) is 45.4 Å². The summed E-state index contributed by atoms with van der Waals surface area (Å²) in [7, 11) is 1.59. The van der Waals surface area contributed by atoms with Crippen LogP contribution < -0.4 is 15.5 Å². The van der Waals surface area contributed by atoms with Crippen molar-refractivity contribution in [3.05, 3.63) is 59.2 Å². The molecule has 33 heavy (non-hydrogen) atoms. The summed E-state index contributed by atoms with van der Waals surface area (Å²) in [5, 5.41) is 15.1. The van der Waals surface area contributed by atoms with Crippen molar-refractivity contribution < 1.29 is 24.2 Å². The van der Waals surface area contributed by atoms with Crippen LogP contribution in [0.4, 0.5) is 11.4 Å². The molecule has 3 rings (SSSR count). The number of amides is 2. The molecule has 9 heteroatoms. The first-order chi connectivity index (χ1) is 15.9. The highest BCUT2D eigenvalue weighted by Gasteiger charge is 2.22. The van der Waals surface area contributed by atoms with Crippen LogP contribution >= 0.6 is 0 Å². The van der Waals surface area contributed by atoms with Crippen LogP contribution in [0.3, 0.4) is 0 Å². The van der Waals surface area contributed by atoms with Crippen LogP contribution in [0.15, 0.2) is 42.5 Å². The number of carbonyl (C=O) groups excluding carboxylic acids is 2. The van der Waals surface area contributed by atoms with E-state index < -0.39 is 5.97 Å². The molecule has 176 valence electrons. The highest BCUT2D eigenvalue weighted by atomic mass is 16.5. The molecule has 0 saturated carbocycles. The van der Waals surface area contributed by atoms with Crippen molar-refractivity contribution in [1.29, 1.82) is 0 Å². The number of ether oxygens (including phenoxy) is 1. The van der Waals surface area contributed by atoms with Crippen LogP contribution in [-0.2, 0) is 9.53 Å². The zero-order valence-electron chi connectivity index (χ0n) is 19.0. The molecule has 3 N–H and O–H groups in total. The summed E-state index contributed by atoms with van der Waals surface area (Å²) in [4.78, 5) is 40.6. The number of hydrogen-bond acceptors (Lipinski definition) is 6. The molecular formula is C24H30N4O5. The molecule has 0 radical (unpaired) electrons. The summed E-state index contributed by atoms with van der Waals surface area (Å²) in [6.45, 7) is 5.75. The molecule has 0 bridgehead atoms. The summed E-state index contributed by atoms with van der Waals surface area (Å²) in [6.07, 6.45) is 0. The molecule has 1 saturated heterocycles. The smallest absolute Gasteiger partial charge is 0.335 e. The minimum Gasteiger partial charge on any atom is -0.478 e. The van der Waals surface area contributed by atoms with E-state index in [4.69, 9.17) is 4.74 Å². The first-order valence-corrected chi connectivity index (χ1v) is 10.9. The van der Waals surface area contributed by atoms with E-state index in [0.717, 1.165) is 11.3 Å². The van der Waals surface area contributed by atoms with Crippen molar-refractivity contribution in [3.8, 4) is 0 Å². The van der Waals surface area contributed by atoms with Crippen LogP contribution in [0, 0.1) is 6.92 Å². The molecule has 1 heterocycles. The van der Waals surface area contributed by atoms with Gasteiger partial charge in [-0.25, -0.2) is 4.79 Å². The van der Waals surface area contributed by atoms with Gasteiger partial charge < -0.3 is 25.4 Å². The van der Waals surface area contributed by atoms with Gasteiger partial charge >= 0.3 is 5.97 Å². The summed E-state index contributed by atoms with van der Waals surface area (Å²) < 4.78 is 4.94. The molecule has 1 aliphatic heterocycles. The fourth-order valence-electron chi connectivity index (χ4n) is 3.76. The Hall–Kier alpha value is -3.43. The Labute approximate surface area is 193 Å². The average Bonchev–Trinajstić information content (AvgIpc) is 2.80. The van der Waals surface area contributed by atoms with Crippen molar-refractivity contribution in [2.24, 2.45) is 0 Å². The van der Waals surface area contributed by atoms with Gasteiger partial charge in [0.1, 0.15) is 0 Å². The minimum atomic E-state index is -1.06. The SMILES string of the molecule is COCCNC(=O)CN1CCN(c2ccc(C(=O)O)cc2NC(=O)c2ccccc2C)CC1. The predicted molar refractivity (Wildman–Crippen MR) is 126 cm³/mol. The van der Waals surface area contributed by atoms with Crippen molar-refractivity contribution in [3.63, 3.8) is 0 Å². The van der Waals surface area contributed by atoms with Crippen LogP contribution in [0.2, 0.25) is 0 Å². The van der Waals surface area contributed by atoms with Crippen LogP contribution in [-0.4, -0.2) is 80.8 Å². The molecule has 0 aromatic heterocycles. The molecular weight excluding hydrogens is 424 g/mol. The van der Waals surface area contributed by atoms with Crippen molar-refractivity contribution in [1.82, 2.24) is 10.2 Å². The number of carboxylic acid groups (broad SMARTS) is 1. The van der Waals surface area contributed by atoms with E-state index in [-0.39, 0.29) is 17.4 Å². The normalized spacial score (nSPS) is 14.1. The van der Waals surface area contributed by atoms with Crippen molar-refractivity contribution >= 4 is 29.2 Å². The first-order valence-electron chi connectivity index (χ1n) is 10.9. The number of hydrogen-bond donors (Lipinski definition) is 3. The number of aromatic carboxylic acids is 1. The number of methoxy groups -OCH3 is 1. The van der Waals surface area contributed by atoms with Crippen LogP contribution in [0.25, 0.3) is 0 Å². The van der Waals surface area contributed by atoms with Gasteiger partial charge in [0.05, 0.1) is 30.1 Å². The second-order valence-corrected chi connectivity index (χ2v) is 7.91. The third-order valence-corrected chi connectivity index (χ3v) is 5.59. The molecule has 9 nitrogen and oxygen atoms in total. The predicted octanol–water partition coefficient (Wildman–Crippen LogP) is 1.83. The Kier molecular flexibility index (Phi) is 8.39. The summed E-state index contributed by atoms with van der Waals surface area (Å²) in [5.74, 6) is -1.39. The molecule has 2 amide bonds. The maximum Gasteiger partial charge on any atom is 0.335 e. The van der Waals surface area contributed by atoms with Gasteiger partial charge in [-0.3, -0.25) is 14.5 Å². The molecule has 0 atom stereocenters. The van der Waals surface area contributed by atoms with Gasteiger partial charge in [-0.05, 0) is 36.8 Å².